The van der Waals surface area contributed by atoms with E-state index in [4.69, 9.17) is 0 Å². The van der Waals surface area contributed by atoms with Crippen molar-refractivity contribution in [1.29, 1.82) is 0 Å². The topological polar surface area (TPSA) is 49.5 Å². The number of azo groups is 2. The average molecular weight is 251 g/mol. The summed E-state index contributed by atoms with van der Waals surface area (Å²) in [5.74, 6) is -0.664. The van der Waals surface area contributed by atoms with Gasteiger partial charge in [-0.25, -0.2) is 4.79 Å². The summed E-state index contributed by atoms with van der Waals surface area (Å²) in [5.41, 5.74) is 2.28. The minimum atomic E-state index is -0.390. The second-order valence-corrected chi connectivity index (χ2v) is 4.35. The zero-order chi connectivity index (χ0) is 13.4. The van der Waals surface area contributed by atoms with E-state index < -0.39 is 5.91 Å². The van der Waals surface area contributed by atoms with Gasteiger partial charge >= 0.3 is 11.8 Å². The summed E-state index contributed by atoms with van der Waals surface area (Å²) in [4.78, 5) is 24.4. The molecule has 0 aromatic heterocycles. The van der Waals surface area contributed by atoms with E-state index in [0.717, 1.165) is 5.56 Å². The molecule has 0 radical (unpaired) electrons. The minimum Gasteiger partial charge on any atom is -0.260 e. The van der Waals surface area contributed by atoms with Crippen molar-refractivity contribution in [3.8, 4) is 0 Å². The van der Waals surface area contributed by atoms with E-state index in [9.17, 15) is 9.59 Å². The first-order chi connectivity index (χ1) is 9.18. The van der Waals surface area contributed by atoms with Crippen LogP contribution >= 0.6 is 0 Å². The van der Waals surface area contributed by atoms with E-state index in [1.54, 1.807) is 30.3 Å². The van der Waals surface area contributed by atoms with Crippen LogP contribution in [0.3, 0.4) is 0 Å². The van der Waals surface area contributed by atoms with E-state index in [0.29, 0.717) is 16.8 Å². The van der Waals surface area contributed by atoms with Gasteiger partial charge in [0.25, 0.3) is 0 Å². The Morgan fingerprint density at radius 2 is 1.53 bits per heavy atom. The molecule has 0 unspecified atom stereocenters. The number of amides is 2. The molecule has 0 aliphatic carbocycles. The van der Waals surface area contributed by atoms with Crippen LogP contribution in [-0.2, 0) is 0 Å². The van der Waals surface area contributed by atoms with E-state index in [1.807, 2.05) is 25.1 Å². The Balaban J connectivity index is 2.19. The molecule has 4 heteroatoms. The van der Waals surface area contributed by atoms with Crippen LogP contribution in [0.1, 0.15) is 26.3 Å². The van der Waals surface area contributed by atoms with Gasteiger partial charge in [-0.1, -0.05) is 30.3 Å². The van der Waals surface area contributed by atoms with Crippen molar-refractivity contribution >= 4 is 17.5 Å². The lowest BCUT2D eigenvalue weighted by Gasteiger charge is -2.07. The highest BCUT2D eigenvalue weighted by atomic mass is 16.2. The predicted octanol–water partition coefficient (Wildman–Crippen LogP) is 3.09. The Labute approximate surface area is 110 Å². The van der Waals surface area contributed by atoms with Crippen molar-refractivity contribution in [1.82, 2.24) is 0 Å². The molecule has 19 heavy (non-hydrogen) atoms. The summed E-state index contributed by atoms with van der Waals surface area (Å²) in [6.45, 7) is 1.88. The molecule has 2 aromatic rings. The maximum atomic E-state index is 12.4. The first kappa shape index (κ1) is 11.5. The van der Waals surface area contributed by atoms with Crippen LogP contribution in [0.5, 0.6) is 0 Å². The molecule has 0 atom stereocenters. The summed E-state index contributed by atoms with van der Waals surface area (Å²) >= 11 is 0. The van der Waals surface area contributed by atoms with Crippen LogP contribution in [0.4, 0.5) is 5.69 Å². The number of aryl methyl sites for hydroxylation is 1. The second-order valence-electron chi connectivity index (χ2n) is 4.35. The van der Waals surface area contributed by atoms with E-state index in [2.05, 4.69) is 5.11 Å². The van der Waals surface area contributed by atoms with Gasteiger partial charge in [0.15, 0.2) is 0 Å². The fraction of sp³-hybridized carbons (Fsp3) is 0.0667. The highest BCUT2D eigenvalue weighted by Crippen LogP contribution is 2.25. The number of carbonyl (C=O) groups is 2. The van der Waals surface area contributed by atoms with Crippen LogP contribution in [0.15, 0.2) is 53.6 Å². The van der Waals surface area contributed by atoms with Crippen LogP contribution in [-0.4, -0.2) is 16.5 Å². The van der Waals surface area contributed by atoms with Crippen molar-refractivity contribution < 1.29 is 14.3 Å². The molecular weight excluding hydrogens is 240 g/mol. The fourth-order valence-corrected chi connectivity index (χ4v) is 2.12. The molecule has 2 aromatic carbocycles. The SMILES string of the molecule is Cc1ccccc1[N+]1=NC(=O)c2ccccc2C1=O. The number of nitrogens with zero attached hydrogens (tertiary/aromatic N) is 2. The Morgan fingerprint density at radius 3 is 2.26 bits per heavy atom. The first-order valence-corrected chi connectivity index (χ1v) is 5.93. The average Bonchev–Trinajstić information content (AvgIpc) is 2.44. The van der Waals surface area contributed by atoms with Crippen LogP contribution < -0.4 is 0 Å². The van der Waals surface area contributed by atoms with Crippen molar-refractivity contribution in [2.24, 2.45) is 5.11 Å². The smallest absolute Gasteiger partial charge is 0.260 e. The van der Waals surface area contributed by atoms with Crippen LogP contribution in [0.25, 0.3) is 0 Å². The molecule has 0 fully saturated rings. The zero-order valence-corrected chi connectivity index (χ0v) is 10.3. The van der Waals surface area contributed by atoms with Gasteiger partial charge in [0.1, 0.15) is 5.56 Å². The highest BCUT2D eigenvalue weighted by molar-refractivity contribution is 6.07. The number of fused-ring (bicyclic) bond motifs is 1. The molecule has 92 valence electrons. The molecule has 0 N–H and O–H groups in total. The summed E-state index contributed by atoms with van der Waals surface area (Å²) in [5, 5.41) is 3.88. The maximum Gasteiger partial charge on any atom is 0.451 e. The Kier molecular flexibility index (Phi) is 2.56. The summed E-state index contributed by atoms with van der Waals surface area (Å²) in [6.07, 6.45) is 0. The van der Waals surface area contributed by atoms with Crippen LogP contribution in [0.2, 0.25) is 0 Å². The van der Waals surface area contributed by atoms with E-state index in [-0.39, 0.29) is 5.91 Å². The second kappa shape index (κ2) is 4.24. The van der Waals surface area contributed by atoms with E-state index in [1.165, 1.54) is 4.70 Å². The van der Waals surface area contributed by atoms with Gasteiger partial charge in [-0.3, -0.25) is 4.79 Å². The lowest BCUT2D eigenvalue weighted by Crippen LogP contribution is -2.24. The number of hydrogen-bond acceptors (Lipinski definition) is 2. The van der Waals surface area contributed by atoms with Crippen molar-refractivity contribution in [2.45, 2.75) is 6.92 Å². The predicted molar refractivity (Wildman–Crippen MR) is 68.6 cm³/mol. The number of benzene rings is 2. The third kappa shape index (κ3) is 1.78. The quantitative estimate of drug-likeness (QED) is 0.731. The molecule has 4 nitrogen and oxygen atoms in total. The summed E-state index contributed by atoms with van der Waals surface area (Å²) < 4.78 is 1.18. The van der Waals surface area contributed by atoms with Gasteiger partial charge in [-0.15, -0.1) is 0 Å². The Bertz CT molecular complexity index is 732. The molecule has 1 aliphatic rings. The lowest BCUT2D eigenvalue weighted by molar-refractivity contribution is -0.408. The fourth-order valence-electron chi connectivity index (χ4n) is 2.12. The number of para-hydroxylation sites is 1. The summed E-state index contributed by atoms with van der Waals surface area (Å²) in [7, 11) is 0. The van der Waals surface area contributed by atoms with Crippen molar-refractivity contribution in [3.05, 3.63) is 65.2 Å². The number of rotatable bonds is 1. The lowest BCUT2D eigenvalue weighted by atomic mass is 10.0. The van der Waals surface area contributed by atoms with E-state index >= 15 is 0 Å². The largest absolute Gasteiger partial charge is 0.451 e. The molecule has 1 aliphatic heterocycles. The van der Waals surface area contributed by atoms with Gasteiger partial charge in [0.2, 0.25) is 5.69 Å². The summed E-state index contributed by atoms with van der Waals surface area (Å²) in [6, 6.07) is 14.1. The molecule has 2 amide bonds. The van der Waals surface area contributed by atoms with Gasteiger partial charge < -0.3 is 0 Å². The zero-order valence-electron chi connectivity index (χ0n) is 10.3. The van der Waals surface area contributed by atoms with Crippen LogP contribution in [0, 0.1) is 6.92 Å². The monoisotopic (exact) mass is 251 g/mol. The van der Waals surface area contributed by atoms with Gasteiger partial charge in [0.05, 0.1) is 10.7 Å². The maximum absolute atomic E-state index is 12.4. The van der Waals surface area contributed by atoms with Gasteiger partial charge in [-0.2, -0.15) is 0 Å². The standard InChI is InChI=1S/C15H11N2O2/c1-10-6-2-5-9-13(10)17-15(19)12-8-4-3-7-11(12)14(18)16-17/h2-9H,1H3/q+1. The molecule has 0 bridgehead atoms. The molecule has 0 saturated heterocycles. The highest BCUT2D eigenvalue weighted by Gasteiger charge is 2.36. The molecule has 0 saturated carbocycles. The Hall–Kier alpha value is -2.62. The number of carbonyl (C=O) groups excluding carboxylic acids is 2. The Morgan fingerprint density at radius 1 is 0.895 bits per heavy atom. The van der Waals surface area contributed by atoms with Crippen molar-refractivity contribution in [3.63, 3.8) is 0 Å². The number of hydrogen-bond donors (Lipinski definition) is 0. The molecular formula is C15H11N2O2+. The third-order valence-electron chi connectivity index (χ3n) is 3.11. The molecule has 0 spiro atoms. The van der Waals surface area contributed by atoms with Gasteiger partial charge in [-0.05, 0) is 23.8 Å². The van der Waals surface area contributed by atoms with Gasteiger partial charge in [0, 0.05) is 11.6 Å². The molecule has 1 heterocycles. The van der Waals surface area contributed by atoms with Crippen molar-refractivity contribution in [2.75, 3.05) is 0 Å². The molecule has 3 rings (SSSR count). The minimum absolute atomic E-state index is 0.274. The normalized spacial score (nSPS) is 14.1. The third-order valence-corrected chi connectivity index (χ3v) is 3.11. The first-order valence-electron chi connectivity index (χ1n) is 5.93.